The monoisotopic (exact) mass is 402 g/mol. The van der Waals surface area contributed by atoms with Crippen LogP contribution in [0.1, 0.15) is 10.4 Å². The van der Waals surface area contributed by atoms with E-state index in [9.17, 15) is 13.2 Å². The largest absolute Gasteiger partial charge is 0.496 e. The van der Waals surface area contributed by atoms with Crippen molar-refractivity contribution in [2.24, 2.45) is 5.14 Å². The van der Waals surface area contributed by atoms with E-state index >= 15 is 0 Å². The lowest BCUT2D eigenvalue weighted by molar-refractivity contribution is 0.102. The van der Waals surface area contributed by atoms with E-state index < -0.39 is 15.9 Å². The van der Waals surface area contributed by atoms with E-state index in [0.717, 1.165) is 11.6 Å². The maximum Gasteiger partial charge on any atom is 0.260 e. The number of H-pyrrole nitrogens is 1. The SMILES string of the molecule is COc1ccc(S(N)(=O)=O)cc1C(=O)Nc1cc(-c2ccccc2OC)[nH]n1. The molecule has 1 aromatic heterocycles. The molecule has 0 bridgehead atoms. The highest BCUT2D eigenvalue weighted by Crippen LogP contribution is 2.29. The summed E-state index contributed by atoms with van der Waals surface area (Å²) >= 11 is 0. The summed E-state index contributed by atoms with van der Waals surface area (Å²) in [5, 5.41) is 14.6. The number of aromatic amines is 1. The number of aromatic nitrogens is 2. The molecule has 0 fully saturated rings. The number of ether oxygens (including phenoxy) is 2. The van der Waals surface area contributed by atoms with Crippen molar-refractivity contribution < 1.29 is 22.7 Å². The fraction of sp³-hybridized carbons (Fsp3) is 0.111. The van der Waals surface area contributed by atoms with Crippen LogP contribution < -0.4 is 19.9 Å². The Labute approximate surface area is 161 Å². The lowest BCUT2D eigenvalue weighted by atomic mass is 10.1. The second kappa shape index (κ2) is 7.71. The number of amides is 1. The molecule has 1 amide bonds. The van der Waals surface area contributed by atoms with Gasteiger partial charge < -0.3 is 14.8 Å². The second-order valence-corrected chi connectivity index (χ2v) is 7.29. The van der Waals surface area contributed by atoms with E-state index in [0.29, 0.717) is 11.4 Å². The van der Waals surface area contributed by atoms with Gasteiger partial charge in [-0.25, -0.2) is 13.6 Å². The van der Waals surface area contributed by atoms with E-state index in [1.807, 2.05) is 18.2 Å². The molecule has 4 N–H and O–H groups in total. The summed E-state index contributed by atoms with van der Waals surface area (Å²) in [4.78, 5) is 12.4. The molecule has 0 saturated heterocycles. The van der Waals surface area contributed by atoms with Crippen molar-refractivity contribution in [1.82, 2.24) is 10.2 Å². The highest BCUT2D eigenvalue weighted by molar-refractivity contribution is 7.89. The number of sulfonamides is 1. The van der Waals surface area contributed by atoms with E-state index in [2.05, 4.69) is 15.5 Å². The lowest BCUT2D eigenvalue weighted by Gasteiger charge is -2.09. The van der Waals surface area contributed by atoms with Crippen LogP contribution in [0.3, 0.4) is 0 Å². The first-order valence-electron chi connectivity index (χ1n) is 8.04. The molecule has 1 heterocycles. The standard InChI is InChI=1S/C18H18N4O5S/c1-26-15-6-4-3-5-12(15)14-10-17(22-21-14)20-18(23)13-9-11(28(19,24)25)7-8-16(13)27-2/h3-10H,1-2H3,(H2,19,24,25)(H2,20,21,22,23). The molecule has 0 aliphatic heterocycles. The molecular formula is C18H18N4O5S. The lowest BCUT2D eigenvalue weighted by Crippen LogP contribution is -2.17. The average Bonchev–Trinajstić information content (AvgIpc) is 3.14. The maximum atomic E-state index is 12.6. The summed E-state index contributed by atoms with van der Waals surface area (Å²) in [6.07, 6.45) is 0. The quantitative estimate of drug-likeness (QED) is 0.577. The second-order valence-electron chi connectivity index (χ2n) is 5.73. The van der Waals surface area contributed by atoms with Crippen LogP contribution in [0.25, 0.3) is 11.3 Å². The normalized spacial score (nSPS) is 11.1. The van der Waals surface area contributed by atoms with Crippen molar-refractivity contribution in [3.8, 4) is 22.8 Å². The first kappa shape index (κ1) is 19.4. The van der Waals surface area contributed by atoms with Crippen LogP contribution >= 0.6 is 0 Å². The molecule has 146 valence electrons. The minimum Gasteiger partial charge on any atom is -0.496 e. The molecule has 3 rings (SSSR count). The molecule has 28 heavy (non-hydrogen) atoms. The zero-order chi connectivity index (χ0) is 20.3. The summed E-state index contributed by atoms with van der Waals surface area (Å²) in [5.41, 5.74) is 1.42. The van der Waals surface area contributed by atoms with Gasteiger partial charge in [-0.3, -0.25) is 9.89 Å². The summed E-state index contributed by atoms with van der Waals surface area (Å²) in [5.74, 6) is 0.492. The van der Waals surface area contributed by atoms with Crippen molar-refractivity contribution in [3.05, 3.63) is 54.1 Å². The Morgan fingerprint density at radius 3 is 2.46 bits per heavy atom. The number of methoxy groups -OCH3 is 2. The van der Waals surface area contributed by atoms with Gasteiger partial charge in [0.15, 0.2) is 5.82 Å². The third kappa shape index (κ3) is 3.97. The van der Waals surface area contributed by atoms with Crippen molar-refractivity contribution >= 4 is 21.7 Å². The third-order valence-electron chi connectivity index (χ3n) is 3.96. The van der Waals surface area contributed by atoms with Crippen LogP contribution in [0.2, 0.25) is 0 Å². The Balaban J connectivity index is 1.89. The first-order valence-corrected chi connectivity index (χ1v) is 9.59. The highest BCUT2D eigenvalue weighted by Gasteiger charge is 2.19. The predicted octanol–water partition coefficient (Wildman–Crippen LogP) is 1.99. The minimum atomic E-state index is -3.97. The predicted molar refractivity (Wildman–Crippen MR) is 103 cm³/mol. The number of nitrogens with zero attached hydrogens (tertiary/aromatic N) is 1. The van der Waals surface area contributed by atoms with Gasteiger partial charge in [-0.05, 0) is 30.3 Å². The average molecular weight is 402 g/mol. The third-order valence-corrected chi connectivity index (χ3v) is 4.87. The fourth-order valence-electron chi connectivity index (χ4n) is 2.62. The molecule has 0 aliphatic rings. The maximum absolute atomic E-state index is 12.6. The Bertz CT molecular complexity index is 1120. The fourth-order valence-corrected chi connectivity index (χ4v) is 3.16. The Kier molecular flexibility index (Phi) is 5.34. The molecular weight excluding hydrogens is 384 g/mol. The number of primary sulfonamides is 1. The number of carbonyl (C=O) groups excluding carboxylic acids is 1. The molecule has 0 radical (unpaired) electrons. The molecule has 2 aromatic carbocycles. The van der Waals surface area contributed by atoms with Crippen molar-refractivity contribution in [2.75, 3.05) is 19.5 Å². The number of anilines is 1. The topological polar surface area (TPSA) is 136 Å². The zero-order valence-corrected chi connectivity index (χ0v) is 15.9. The van der Waals surface area contributed by atoms with Gasteiger partial charge in [0, 0.05) is 11.6 Å². The summed E-state index contributed by atoms with van der Waals surface area (Å²) in [7, 11) is -1.04. The van der Waals surface area contributed by atoms with Crippen molar-refractivity contribution in [2.45, 2.75) is 4.90 Å². The Hall–Kier alpha value is -3.37. The van der Waals surface area contributed by atoms with E-state index in [1.165, 1.54) is 19.2 Å². The van der Waals surface area contributed by atoms with Crippen molar-refractivity contribution in [3.63, 3.8) is 0 Å². The summed E-state index contributed by atoms with van der Waals surface area (Å²) in [6.45, 7) is 0. The summed E-state index contributed by atoms with van der Waals surface area (Å²) in [6, 6.07) is 12.7. The van der Waals surface area contributed by atoms with Gasteiger partial charge in [-0.1, -0.05) is 12.1 Å². The molecule has 0 saturated carbocycles. The number of rotatable bonds is 6. The van der Waals surface area contributed by atoms with E-state index in [-0.39, 0.29) is 22.0 Å². The number of benzene rings is 2. The number of nitrogens with two attached hydrogens (primary N) is 1. The molecule has 0 atom stereocenters. The van der Waals surface area contributed by atoms with Gasteiger partial charge in [-0.15, -0.1) is 0 Å². The molecule has 0 unspecified atom stereocenters. The van der Waals surface area contributed by atoms with Crippen LogP contribution in [-0.2, 0) is 10.0 Å². The van der Waals surface area contributed by atoms with Gasteiger partial charge in [-0.2, -0.15) is 5.10 Å². The van der Waals surface area contributed by atoms with Crippen LogP contribution in [0.15, 0.2) is 53.4 Å². The van der Waals surface area contributed by atoms with Gasteiger partial charge in [0.05, 0.1) is 30.4 Å². The van der Waals surface area contributed by atoms with Gasteiger partial charge in [0.1, 0.15) is 11.5 Å². The van der Waals surface area contributed by atoms with Crippen LogP contribution in [0.4, 0.5) is 5.82 Å². The number of carbonyl (C=O) groups is 1. The van der Waals surface area contributed by atoms with Crippen LogP contribution in [0.5, 0.6) is 11.5 Å². The Morgan fingerprint density at radius 1 is 1.07 bits per heavy atom. The van der Waals surface area contributed by atoms with Crippen LogP contribution in [-0.4, -0.2) is 38.7 Å². The smallest absolute Gasteiger partial charge is 0.260 e. The first-order chi connectivity index (χ1) is 13.3. The van der Waals surface area contributed by atoms with E-state index in [1.54, 1.807) is 19.2 Å². The number of para-hydroxylation sites is 1. The minimum absolute atomic E-state index is 0.0101. The van der Waals surface area contributed by atoms with Crippen molar-refractivity contribution in [1.29, 1.82) is 0 Å². The van der Waals surface area contributed by atoms with Gasteiger partial charge in [0.2, 0.25) is 10.0 Å². The number of hydrogen-bond donors (Lipinski definition) is 3. The number of nitrogens with one attached hydrogen (secondary N) is 2. The van der Waals surface area contributed by atoms with Gasteiger partial charge in [0.25, 0.3) is 5.91 Å². The molecule has 3 aromatic rings. The van der Waals surface area contributed by atoms with Crippen LogP contribution in [0, 0.1) is 0 Å². The molecule has 0 spiro atoms. The molecule has 0 aliphatic carbocycles. The zero-order valence-electron chi connectivity index (χ0n) is 15.1. The molecule has 10 heteroatoms. The summed E-state index contributed by atoms with van der Waals surface area (Å²) < 4.78 is 33.6. The highest BCUT2D eigenvalue weighted by atomic mass is 32.2. The van der Waals surface area contributed by atoms with E-state index in [4.69, 9.17) is 14.6 Å². The van der Waals surface area contributed by atoms with Gasteiger partial charge >= 0.3 is 0 Å². The molecule has 9 nitrogen and oxygen atoms in total. The number of hydrogen-bond acceptors (Lipinski definition) is 6. The Morgan fingerprint density at radius 2 is 1.79 bits per heavy atom.